The highest BCUT2D eigenvalue weighted by molar-refractivity contribution is 8.00. The van der Waals surface area contributed by atoms with E-state index in [0.29, 0.717) is 41.9 Å². The number of carbonyl (C=O) groups excluding carboxylic acids is 1. The van der Waals surface area contributed by atoms with Gasteiger partial charge < -0.3 is 10.5 Å². The Balaban J connectivity index is 1.50. The molecule has 3 aromatic rings. The van der Waals surface area contributed by atoms with Crippen LogP contribution in [-0.2, 0) is 22.1 Å². The van der Waals surface area contributed by atoms with Gasteiger partial charge in [0.05, 0.1) is 29.5 Å². The Bertz CT molecular complexity index is 1220. The van der Waals surface area contributed by atoms with Gasteiger partial charge in [-0.25, -0.2) is 14.5 Å². The lowest BCUT2D eigenvalue weighted by Crippen LogP contribution is -2.23. The number of methoxy groups -OCH3 is 1. The highest BCUT2D eigenvalue weighted by atomic mass is 32.2. The van der Waals surface area contributed by atoms with E-state index in [9.17, 15) is 18.0 Å². The second-order valence-electron chi connectivity index (χ2n) is 8.43. The van der Waals surface area contributed by atoms with E-state index >= 15 is 0 Å². The Labute approximate surface area is 191 Å². The minimum Gasteiger partial charge on any atom is -0.469 e. The van der Waals surface area contributed by atoms with Gasteiger partial charge in [0.15, 0.2) is 5.82 Å². The van der Waals surface area contributed by atoms with Crippen molar-refractivity contribution in [2.24, 2.45) is 5.92 Å². The van der Waals surface area contributed by atoms with Crippen LogP contribution in [0.25, 0.3) is 5.52 Å². The third kappa shape index (κ3) is 3.81. The topological polar surface area (TPSA) is 95.4 Å². The molecule has 0 saturated heterocycles. The fourth-order valence-corrected chi connectivity index (χ4v) is 6.33. The first-order valence-electron chi connectivity index (χ1n) is 10.7. The molecule has 0 amide bonds. The van der Waals surface area contributed by atoms with Crippen molar-refractivity contribution in [3.63, 3.8) is 0 Å². The number of alkyl halides is 3. The number of benzene rings is 1. The van der Waals surface area contributed by atoms with Crippen LogP contribution >= 0.6 is 11.8 Å². The quantitative estimate of drug-likeness (QED) is 0.553. The van der Waals surface area contributed by atoms with Gasteiger partial charge in [-0.3, -0.25) is 4.79 Å². The summed E-state index contributed by atoms with van der Waals surface area (Å²) in [4.78, 5) is 21.1. The summed E-state index contributed by atoms with van der Waals surface area (Å²) < 4.78 is 47.2. The van der Waals surface area contributed by atoms with Crippen molar-refractivity contribution in [1.29, 1.82) is 0 Å². The van der Waals surface area contributed by atoms with Crippen LogP contribution in [0.3, 0.4) is 0 Å². The standard InChI is InChI=1S/C22H22F3N5O2S/c1-32-21(31)12-7-5-11(6-8-12)20-29-16(17-19(26)27-10-28-30(17)20)15-9-13-3-2-4-14(18(13)33-15)22(23,24)25/h2-4,10-12,15H,5-9H2,1H3,(H2,26,27,28)/t11-,12-,15?. The number of anilines is 1. The Kier molecular flexibility index (Phi) is 5.46. The lowest BCUT2D eigenvalue weighted by atomic mass is 9.81. The van der Waals surface area contributed by atoms with Gasteiger partial charge in [-0.2, -0.15) is 18.3 Å². The Morgan fingerprint density at radius 3 is 2.70 bits per heavy atom. The molecule has 1 saturated carbocycles. The van der Waals surface area contributed by atoms with Crippen molar-refractivity contribution in [2.75, 3.05) is 12.8 Å². The molecule has 1 fully saturated rings. The lowest BCUT2D eigenvalue weighted by Gasteiger charge is -2.25. The summed E-state index contributed by atoms with van der Waals surface area (Å²) in [7, 11) is 1.39. The van der Waals surface area contributed by atoms with Crippen LogP contribution in [0.4, 0.5) is 19.0 Å². The number of hydrogen-bond donors (Lipinski definition) is 1. The first kappa shape index (κ1) is 22.0. The molecule has 1 atom stereocenters. The average Bonchev–Trinajstić information content (AvgIpc) is 3.40. The SMILES string of the molecule is COC(=O)[C@H]1CC[C@H](c2nc(C3Cc4cccc(C(F)(F)F)c4S3)c3c(N)ncnn32)CC1. The third-order valence-corrected chi connectivity index (χ3v) is 7.90. The van der Waals surface area contributed by atoms with Crippen molar-refractivity contribution in [3.8, 4) is 0 Å². The molecule has 7 nitrogen and oxygen atoms in total. The Hall–Kier alpha value is -2.82. The number of rotatable bonds is 3. The summed E-state index contributed by atoms with van der Waals surface area (Å²) in [5.74, 6) is 0.687. The monoisotopic (exact) mass is 477 g/mol. The van der Waals surface area contributed by atoms with Gasteiger partial charge in [0.2, 0.25) is 0 Å². The fraction of sp³-hybridized carbons (Fsp3) is 0.455. The minimum absolute atomic E-state index is 0.0565. The number of ether oxygens (including phenoxy) is 1. The van der Waals surface area contributed by atoms with E-state index in [-0.39, 0.29) is 33.8 Å². The van der Waals surface area contributed by atoms with Crippen LogP contribution < -0.4 is 5.73 Å². The first-order valence-corrected chi connectivity index (χ1v) is 11.6. The second-order valence-corrected chi connectivity index (χ2v) is 9.65. The summed E-state index contributed by atoms with van der Waals surface area (Å²) in [6.07, 6.45) is 0.183. The van der Waals surface area contributed by atoms with Crippen molar-refractivity contribution in [1.82, 2.24) is 19.6 Å². The van der Waals surface area contributed by atoms with Crippen LogP contribution in [0, 0.1) is 5.92 Å². The van der Waals surface area contributed by atoms with Gasteiger partial charge in [0.25, 0.3) is 0 Å². The van der Waals surface area contributed by atoms with E-state index in [1.807, 2.05) is 0 Å². The molecule has 33 heavy (non-hydrogen) atoms. The number of nitrogens with zero attached hydrogens (tertiary/aromatic N) is 4. The van der Waals surface area contributed by atoms with Crippen molar-refractivity contribution >= 4 is 29.1 Å². The molecule has 11 heteroatoms. The molecule has 1 aliphatic heterocycles. The number of nitrogens with two attached hydrogens (primary N) is 1. The van der Waals surface area contributed by atoms with Crippen molar-refractivity contribution in [3.05, 3.63) is 47.2 Å². The first-order chi connectivity index (χ1) is 15.8. The number of aromatic nitrogens is 4. The van der Waals surface area contributed by atoms with Gasteiger partial charge >= 0.3 is 12.1 Å². The maximum atomic E-state index is 13.5. The highest BCUT2D eigenvalue weighted by Crippen LogP contribution is 2.52. The number of esters is 1. The second kappa shape index (κ2) is 8.19. The van der Waals surface area contributed by atoms with E-state index < -0.39 is 11.7 Å². The summed E-state index contributed by atoms with van der Waals surface area (Å²) in [6.45, 7) is 0. The van der Waals surface area contributed by atoms with E-state index in [1.54, 1.807) is 10.6 Å². The summed E-state index contributed by atoms with van der Waals surface area (Å²) in [5, 5.41) is 4.04. The van der Waals surface area contributed by atoms with E-state index in [0.717, 1.165) is 18.9 Å². The van der Waals surface area contributed by atoms with Crippen molar-refractivity contribution in [2.45, 2.75) is 54.3 Å². The molecule has 2 aliphatic rings. The van der Waals surface area contributed by atoms with E-state index in [1.165, 1.54) is 31.3 Å². The summed E-state index contributed by atoms with van der Waals surface area (Å²) in [5.41, 5.74) is 7.36. The molecule has 1 aromatic carbocycles. The smallest absolute Gasteiger partial charge is 0.417 e. The fourth-order valence-electron chi connectivity index (χ4n) is 4.89. The van der Waals surface area contributed by atoms with Crippen LogP contribution in [0.2, 0.25) is 0 Å². The number of imidazole rings is 1. The zero-order chi connectivity index (χ0) is 23.3. The average molecular weight is 478 g/mol. The zero-order valence-electron chi connectivity index (χ0n) is 17.8. The zero-order valence-corrected chi connectivity index (χ0v) is 18.6. The van der Waals surface area contributed by atoms with Gasteiger partial charge in [0.1, 0.15) is 17.7 Å². The van der Waals surface area contributed by atoms with E-state index in [4.69, 9.17) is 15.5 Å². The minimum atomic E-state index is -4.42. The molecule has 1 aliphatic carbocycles. The number of carbonyl (C=O) groups is 1. The Morgan fingerprint density at radius 2 is 2.00 bits per heavy atom. The Morgan fingerprint density at radius 1 is 1.24 bits per heavy atom. The molecular formula is C22H22F3N5O2S. The number of nitrogen functional groups attached to an aromatic ring is 1. The van der Waals surface area contributed by atoms with Crippen LogP contribution in [0.1, 0.15) is 59.5 Å². The van der Waals surface area contributed by atoms with Gasteiger partial charge in [-0.15, -0.1) is 11.8 Å². The molecule has 1 unspecified atom stereocenters. The number of halogens is 3. The molecular weight excluding hydrogens is 455 g/mol. The molecule has 0 spiro atoms. The highest BCUT2D eigenvalue weighted by Gasteiger charge is 2.40. The van der Waals surface area contributed by atoms with Crippen LogP contribution in [0.15, 0.2) is 29.4 Å². The van der Waals surface area contributed by atoms with Gasteiger partial charge in [0, 0.05) is 10.8 Å². The molecule has 0 bridgehead atoms. The molecule has 2 aromatic heterocycles. The van der Waals surface area contributed by atoms with Crippen LogP contribution in [0.5, 0.6) is 0 Å². The van der Waals surface area contributed by atoms with Crippen LogP contribution in [-0.4, -0.2) is 32.7 Å². The summed E-state index contributed by atoms with van der Waals surface area (Å²) >= 11 is 1.17. The number of thioether (sulfide) groups is 1. The maximum absolute atomic E-state index is 13.5. The van der Waals surface area contributed by atoms with Gasteiger partial charge in [-0.05, 0) is 43.7 Å². The maximum Gasteiger partial charge on any atom is 0.417 e. The summed E-state index contributed by atoms with van der Waals surface area (Å²) in [6, 6.07) is 4.28. The van der Waals surface area contributed by atoms with Gasteiger partial charge in [-0.1, -0.05) is 12.1 Å². The molecule has 0 radical (unpaired) electrons. The molecule has 5 rings (SSSR count). The van der Waals surface area contributed by atoms with E-state index in [2.05, 4.69) is 10.1 Å². The predicted octanol–water partition coefficient (Wildman–Crippen LogP) is 4.56. The number of hydrogen-bond acceptors (Lipinski definition) is 7. The number of fused-ring (bicyclic) bond motifs is 2. The third-order valence-electron chi connectivity index (χ3n) is 6.51. The predicted molar refractivity (Wildman–Crippen MR) is 116 cm³/mol. The van der Waals surface area contributed by atoms with Crippen molar-refractivity contribution < 1.29 is 22.7 Å². The molecule has 2 N–H and O–H groups in total. The lowest BCUT2D eigenvalue weighted by molar-refractivity contribution is -0.146. The normalized spacial score (nSPS) is 23.0. The largest absolute Gasteiger partial charge is 0.469 e. The molecule has 3 heterocycles. The molecule has 174 valence electrons.